The lowest BCUT2D eigenvalue weighted by Crippen LogP contribution is -1.98. The highest BCUT2D eigenvalue weighted by Crippen LogP contribution is 2.41. The van der Waals surface area contributed by atoms with Crippen LogP contribution in [-0.4, -0.2) is 20.5 Å². The summed E-state index contributed by atoms with van der Waals surface area (Å²) in [7, 11) is 3.07. The third-order valence-electron chi connectivity index (χ3n) is 3.36. The lowest BCUT2D eigenvalue weighted by molar-refractivity contribution is 0.112. The molecule has 2 rings (SSSR count). The van der Waals surface area contributed by atoms with Crippen molar-refractivity contribution in [2.24, 2.45) is 0 Å². The van der Waals surface area contributed by atoms with E-state index in [1.54, 1.807) is 19.2 Å². The summed E-state index contributed by atoms with van der Waals surface area (Å²) >= 11 is 0. The van der Waals surface area contributed by atoms with E-state index in [1.807, 2.05) is 24.3 Å². The average Bonchev–Trinajstić information content (AvgIpc) is 2.54. The van der Waals surface area contributed by atoms with Gasteiger partial charge in [0.05, 0.1) is 14.2 Å². The number of carbonyl (C=O) groups excluding carboxylic acids is 1. The quantitative estimate of drug-likeness (QED) is 0.740. The molecule has 2 aromatic carbocycles. The van der Waals surface area contributed by atoms with Crippen LogP contribution in [-0.2, 0) is 0 Å². The van der Waals surface area contributed by atoms with Crippen LogP contribution < -0.4 is 14.2 Å². The Balaban J connectivity index is 2.51. The van der Waals surface area contributed by atoms with Crippen molar-refractivity contribution in [1.29, 1.82) is 0 Å². The number of carbonyl (C=O) groups is 1. The van der Waals surface area contributed by atoms with Gasteiger partial charge in [0.1, 0.15) is 12.0 Å². The number of para-hydroxylation sites is 1. The molecule has 0 atom stereocenters. The summed E-state index contributed by atoms with van der Waals surface area (Å²) in [5, 5.41) is 0. The zero-order valence-electron chi connectivity index (χ0n) is 13.3. The second-order valence-electron chi connectivity index (χ2n) is 5.17. The maximum absolute atomic E-state index is 11.1. The number of rotatable bonds is 6. The van der Waals surface area contributed by atoms with Crippen LogP contribution in [0.15, 0.2) is 36.4 Å². The maximum atomic E-state index is 11.1. The van der Waals surface area contributed by atoms with Gasteiger partial charge in [-0.1, -0.05) is 32.0 Å². The smallest absolute Gasteiger partial charge is 0.203 e. The van der Waals surface area contributed by atoms with Crippen molar-refractivity contribution in [2.45, 2.75) is 19.8 Å². The van der Waals surface area contributed by atoms with Crippen molar-refractivity contribution in [3.8, 4) is 23.0 Å². The summed E-state index contributed by atoms with van der Waals surface area (Å²) in [5.41, 5.74) is 1.55. The second kappa shape index (κ2) is 6.98. The number of hydrogen-bond acceptors (Lipinski definition) is 4. The van der Waals surface area contributed by atoms with Crippen LogP contribution in [0.3, 0.4) is 0 Å². The minimum absolute atomic E-state index is 0.318. The molecule has 22 heavy (non-hydrogen) atoms. The Hall–Kier alpha value is -2.49. The largest absolute Gasteiger partial charge is 0.493 e. The molecule has 0 aromatic heterocycles. The first-order chi connectivity index (χ1) is 10.6. The first-order valence-corrected chi connectivity index (χ1v) is 7.08. The molecule has 0 aliphatic carbocycles. The highest BCUT2D eigenvalue weighted by Gasteiger charge is 2.16. The van der Waals surface area contributed by atoms with Gasteiger partial charge in [0, 0.05) is 5.56 Å². The van der Waals surface area contributed by atoms with Crippen LogP contribution in [0.2, 0.25) is 0 Å². The molecule has 0 unspecified atom stereocenters. The zero-order chi connectivity index (χ0) is 16.1. The Kier molecular flexibility index (Phi) is 5.04. The topological polar surface area (TPSA) is 44.8 Å². The van der Waals surface area contributed by atoms with Crippen molar-refractivity contribution >= 4 is 6.29 Å². The van der Waals surface area contributed by atoms with E-state index in [4.69, 9.17) is 14.2 Å². The van der Waals surface area contributed by atoms with Crippen LogP contribution in [0, 0.1) is 0 Å². The number of aldehydes is 1. The summed E-state index contributed by atoms with van der Waals surface area (Å²) in [6.45, 7) is 4.20. The average molecular weight is 300 g/mol. The molecule has 0 N–H and O–H groups in total. The predicted octanol–water partition coefficient (Wildman–Crippen LogP) is 4.43. The molecule has 0 spiro atoms. The second-order valence-corrected chi connectivity index (χ2v) is 5.17. The zero-order valence-corrected chi connectivity index (χ0v) is 13.3. The molecule has 116 valence electrons. The van der Waals surface area contributed by atoms with Gasteiger partial charge in [-0.25, -0.2) is 0 Å². The van der Waals surface area contributed by atoms with Gasteiger partial charge in [-0.3, -0.25) is 4.79 Å². The van der Waals surface area contributed by atoms with Gasteiger partial charge in [0.2, 0.25) is 5.75 Å². The summed E-state index contributed by atoms with van der Waals surface area (Å²) in [6, 6.07) is 11.1. The van der Waals surface area contributed by atoms with Gasteiger partial charge in [-0.05, 0) is 29.7 Å². The lowest BCUT2D eigenvalue weighted by Gasteiger charge is -2.17. The van der Waals surface area contributed by atoms with Crippen molar-refractivity contribution in [3.05, 3.63) is 47.5 Å². The Morgan fingerprint density at radius 1 is 0.955 bits per heavy atom. The Bertz CT molecular complexity index is 662. The molecular weight excluding hydrogens is 280 g/mol. The van der Waals surface area contributed by atoms with Gasteiger partial charge in [-0.2, -0.15) is 0 Å². The molecule has 4 nitrogen and oxygen atoms in total. The molecular formula is C18H20O4. The van der Waals surface area contributed by atoms with Gasteiger partial charge >= 0.3 is 0 Å². The molecule has 0 aliphatic rings. The van der Waals surface area contributed by atoms with Crippen LogP contribution in [0.25, 0.3) is 0 Å². The summed E-state index contributed by atoms with van der Waals surface area (Å²) in [5.74, 6) is 2.44. The van der Waals surface area contributed by atoms with Gasteiger partial charge < -0.3 is 14.2 Å². The predicted molar refractivity (Wildman–Crippen MR) is 85.5 cm³/mol. The number of hydrogen-bond donors (Lipinski definition) is 0. The third kappa shape index (κ3) is 3.22. The molecule has 0 fully saturated rings. The van der Waals surface area contributed by atoms with Crippen LogP contribution in [0.4, 0.5) is 0 Å². The number of methoxy groups -OCH3 is 2. The lowest BCUT2D eigenvalue weighted by atomic mass is 10.0. The molecule has 0 amide bonds. The highest BCUT2D eigenvalue weighted by atomic mass is 16.5. The third-order valence-corrected chi connectivity index (χ3v) is 3.36. The Morgan fingerprint density at radius 2 is 1.64 bits per heavy atom. The van der Waals surface area contributed by atoms with E-state index < -0.39 is 0 Å². The minimum Gasteiger partial charge on any atom is -0.493 e. The van der Waals surface area contributed by atoms with Crippen molar-refractivity contribution in [3.63, 3.8) is 0 Å². The summed E-state index contributed by atoms with van der Waals surface area (Å²) < 4.78 is 16.7. The van der Waals surface area contributed by atoms with E-state index in [2.05, 4.69) is 13.8 Å². The molecule has 2 aromatic rings. The van der Waals surface area contributed by atoms with Crippen LogP contribution >= 0.6 is 0 Å². The van der Waals surface area contributed by atoms with E-state index in [-0.39, 0.29) is 0 Å². The van der Waals surface area contributed by atoms with Crippen LogP contribution in [0.1, 0.15) is 35.7 Å². The fourth-order valence-electron chi connectivity index (χ4n) is 2.26. The van der Waals surface area contributed by atoms with Crippen molar-refractivity contribution in [1.82, 2.24) is 0 Å². The Morgan fingerprint density at radius 3 is 2.23 bits per heavy atom. The first-order valence-electron chi connectivity index (χ1n) is 7.08. The Labute approximate surface area is 130 Å². The molecule has 0 bridgehead atoms. The highest BCUT2D eigenvalue weighted by molar-refractivity contribution is 5.78. The molecule has 0 radical (unpaired) electrons. The minimum atomic E-state index is 0.318. The van der Waals surface area contributed by atoms with E-state index in [1.165, 1.54) is 7.11 Å². The molecule has 0 aliphatic heterocycles. The normalized spacial score (nSPS) is 10.4. The summed E-state index contributed by atoms with van der Waals surface area (Å²) in [6.07, 6.45) is 0.753. The maximum Gasteiger partial charge on any atom is 0.203 e. The molecule has 0 saturated carbocycles. The number of benzene rings is 2. The van der Waals surface area contributed by atoms with Crippen molar-refractivity contribution in [2.75, 3.05) is 14.2 Å². The first kappa shape index (κ1) is 15.9. The van der Waals surface area contributed by atoms with E-state index in [9.17, 15) is 4.79 Å². The SMILES string of the molecule is COc1cc(C=O)cc(Oc2ccccc2C(C)C)c1OC. The van der Waals surface area contributed by atoms with E-state index >= 15 is 0 Å². The van der Waals surface area contributed by atoms with E-state index in [0.717, 1.165) is 17.6 Å². The van der Waals surface area contributed by atoms with Crippen molar-refractivity contribution < 1.29 is 19.0 Å². The van der Waals surface area contributed by atoms with Gasteiger partial charge in [-0.15, -0.1) is 0 Å². The van der Waals surface area contributed by atoms with E-state index in [0.29, 0.717) is 28.7 Å². The fourth-order valence-corrected chi connectivity index (χ4v) is 2.26. The summed E-state index contributed by atoms with van der Waals surface area (Å²) in [4.78, 5) is 11.1. The molecule has 4 heteroatoms. The fraction of sp³-hybridized carbons (Fsp3) is 0.278. The standard InChI is InChI=1S/C18H20O4/c1-12(2)14-7-5-6-8-15(14)22-17-10-13(11-19)9-16(20-3)18(17)21-4/h5-12H,1-4H3. The van der Waals surface area contributed by atoms with Gasteiger partial charge in [0.25, 0.3) is 0 Å². The number of ether oxygens (including phenoxy) is 3. The van der Waals surface area contributed by atoms with Crippen LogP contribution in [0.5, 0.6) is 23.0 Å². The molecule has 0 heterocycles. The monoisotopic (exact) mass is 300 g/mol. The molecule has 0 saturated heterocycles. The van der Waals surface area contributed by atoms with Gasteiger partial charge in [0.15, 0.2) is 11.5 Å².